The first kappa shape index (κ1) is 14.3. The van der Waals surface area contributed by atoms with E-state index in [-0.39, 0.29) is 5.75 Å². The second kappa shape index (κ2) is 5.61. The minimum atomic E-state index is -0.694. The minimum Gasteiger partial charge on any atom is -0.449 e. The normalized spacial score (nSPS) is 10.6. The highest BCUT2D eigenvalue weighted by Gasteiger charge is 2.18. The predicted octanol–water partition coefficient (Wildman–Crippen LogP) is 5.33. The van der Waals surface area contributed by atoms with Crippen molar-refractivity contribution in [1.82, 2.24) is 0 Å². The molecule has 0 aliphatic rings. The lowest BCUT2D eigenvalue weighted by atomic mass is 10.1. The summed E-state index contributed by atoms with van der Waals surface area (Å²) in [5.74, 6) is -0.311. The molecule has 0 bridgehead atoms. The van der Waals surface area contributed by atoms with Crippen molar-refractivity contribution in [2.24, 2.45) is 0 Å². The number of rotatable bonds is 3. The van der Waals surface area contributed by atoms with Gasteiger partial charge in [-0.15, -0.1) is 0 Å². The van der Waals surface area contributed by atoms with Gasteiger partial charge in [0.15, 0.2) is 0 Å². The molecule has 0 saturated carbocycles. The van der Waals surface area contributed by atoms with E-state index in [0.29, 0.717) is 16.2 Å². The summed E-state index contributed by atoms with van der Waals surface area (Å²) < 4.78 is 18.8. The molecule has 0 unspecified atom stereocenters. The third kappa shape index (κ3) is 2.58. The minimum absolute atomic E-state index is 0.0288. The van der Waals surface area contributed by atoms with Crippen molar-refractivity contribution in [2.45, 2.75) is 0 Å². The highest BCUT2D eigenvalue weighted by Crippen LogP contribution is 2.37. The van der Waals surface area contributed by atoms with Gasteiger partial charge >= 0.3 is 5.69 Å². The Morgan fingerprint density at radius 3 is 2.41 bits per heavy atom. The van der Waals surface area contributed by atoms with Gasteiger partial charge in [0.1, 0.15) is 11.6 Å². The molecular formula is C16H9ClFNO3. The lowest BCUT2D eigenvalue weighted by Crippen LogP contribution is -1.95. The maximum absolute atomic E-state index is 13.2. The van der Waals surface area contributed by atoms with E-state index in [1.807, 2.05) is 18.2 Å². The van der Waals surface area contributed by atoms with Crippen molar-refractivity contribution in [3.63, 3.8) is 0 Å². The molecule has 0 heterocycles. The Morgan fingerprint density at radius 2 is 1.68 bits per heavy atom. The van der Waals surface area contributed by atoms with Gasteiger partial charge in [0.25, 0.3) is 0 Å². The second-order valence-corrected chi connectivity index (χ2v) is 4.97. The van der Waals surface area contributed by atoms with Gasteiger partial charge in [-0.3, -0.25) is 10.1 Å². The lowest BCUT2D eigenvalue weighted by Gasteiger charge is -2.10. The molecule has 0 atom stereocenters. The van der Waals surface area contributed by atoms with Crippen LogP contribution in [0.1, 0.15) is 0 Å². The highest BCUT2D eigenvalue weighted by atomic mass is 35.5. The molecule has 0 amide bonds. The van der Waals surface area contributed by atoms with Gasteiger partial charge < -0.3 is 4.74 Å². The first-order valence-corrected chi connectivity index (χ1v) is 6.73. The van der Waals surface area contributed by atoms with Crippen LogP contribution < -0.4 is 4.74 Å². The van der Waals surface area contributed by atoms with Crippen LogP contribution in [-0.4, -0.2) is 4.92 Å². The molecule has 0 aromatic heterocycles. The molecule has 0 aliphatic carbocycles. The highest BCUT2D eigenvalue weighted by molar-refractivity contribution is 6.35. The van der Waals surface area contributed by atoms with Crippen molar-refractivity contribution in [3.05, 3.63) is 75.6 Å². The fraction of sp³-hybridized carbons (Fsp3) is 0. The smallest absolute Gasteiger partial charge is 0.314 e. The molecule has 3 rings (SSSR count). The van der Waals surface area contributed by atoms with E-state index in [2.05, 4.69) is 0 Å². The molecule has 0 spiro atoms. The molecule has 4 nitrogen and oxygen atoms in total. The van der Waals surface area contributed by atoms with E-state index in [1.165, 1.54) is 6.07 Å². The predicted molar refractivity (Wildman–Crippen MR) is 82.1 cm³/mol. The molecule has 0 saturated heterocycles. The Kier molecular flexibility index (Phi) is 3.65. The molecule has 22 heavy (non-hydrogen) atoms. The average molecular weight is 318 g/mol. The zero-order valence-electron chi connectivity index (χ0n) is 11.1. The zero-order valence-corrected chi connectivity index (χ0v) is 11.9. The molecule has 6 heteroatoms. The summed E-state index contributed by atoms with van der Waals surface area (Å²) >= 11 is 6.12. The lowest BCUT2D eigenvalue weighted by molar-refractivity contribution is -0.385. The number of benzene rings is 3. The van der Waals surface area contributed by atoms with Gasteiger partial charge in [0.2, 0.25) is 5.75 Å². The number of ether oxygens (including phenoxy) is 1. The summed E-state index contributed by atoms with van der Waals surface area (Å²) in [6, 6.07) is 13.7. The van der Waals surface area contributed by atoms with Crippen molar-refractivity contribution < 1.29 is 14.1 Å². The SMILES string of the molecule is O=[N+]([O-])c1cc(F)ccc1Oc1ccc(Cl)c2ccccc12. The largest absolute Gasteiger partial charge is 0.449 e. The molecular weight excluding hydrogens is 309 g/mol. The van der Waals surface area contributed by atoms with Gasteiger partial charge in [-0.25, -0.2) is 4.39 Å². The van der Waals surface area contributed by atoms with E-state index in [9.17, 15) is 14.5 Å². The van der Waals surface area contributed by atoms with E-state index in [4.69, 9.17) is 16.3 Å². The van der Waals surface area contributed by atoms with E-state index >= 15 is 0 Å². The monoisotopic (exact) mass is 317 g/mol. The Labute approximate surface area is 129 Å². The van der Waals surface area contributed by atoms with Crippen LogP contribution in [0.25, 0.3) is 10.8 Å². The van der Waals surface area contributed by atoms with Gasteiger partial charge in [-0.1, -0.05) is 35.9 Å². The number of fused-ring (bicyclic) bond motifs is 1. The van der Waals surface area contributed by atoms with Crippen molar-refractivity contribution >= 4 is 28.1 Å². The summed E-state index contributed by atoms with van der Waals surface area (Å²) in [5, 5.41) is 13.1. The summed E-state index contributed by atoms with van der Waals surface area (Å²) in [5.41, 5.74) is -0.431. The van der Waals surface area contributed by atoms with Crippen LogP contribution in [0, 0.1) is 15.9 Å². The van der Waals surface area contributed by atoms with Gasteiger partial charge in [-0.05, 0) is 24.3 Å². The fourth-order valence-corrected chi connectivity index (χ4v) is 2.39. The summed E-state index contributed by atoms with van der Waals surface area (Å²) in [7, 11) is 0. The van der Waals surface area contributed by atoms with Gasteiger partial charge in [0, 0.05) is 15.8 Å². The molecule has 0 N–H and O–H groups in total. The molecule has 3 aromatic rings. The number of hydrogen-bond acceptors (Lipinski definition) is 3. The molecule has 0 aliphatic heterocycles. The van der Waals surface area contributed by atoms with Crippen molar-refractivity contribution in [3.8, 4) is 11.5 Å². The summed E-state index contributed by atoms with van der Waals surface area (Å²) in [6.07, 6.45) is 0. The number of nitrogens with zero attached hydrogens (tertiary/aromatic N) is 1. The fourth-order valence-electron chi connectivity index (χ4n) is 2.16. The second-order valence-electron chi connectivity index (χ2n) is 4.56. The van der Waals surface area contributed by atoms with E-state index < -0.39 is 16.4 Å². The Balaban J connectivity index is 2.12. The van der Waals surface area contributed by atoms with Crippen LogP contribution in [0.15, 0.2) is 54.6 Å². The van der Waals surface area contributed by atoms with Gasteiger partial charge in [-0.2, -0.15) is 0 Å². The quantitative estimate of drug-likeness (QED) is 0.484. The summed E-state index contributed by atoms with van der Waals surface area (Å²) in [6.45, 7) is 0. The van der Waals surface area contributed by atoms with E-state index in [1.54, 1.807) is 18.2 Å². The van der Waals surface area contributed by atoms with Crippen LogP contribution >= 0.6 is 11.6 Å². The van der Waals surface area contributed by atoms with Crippen molar-refractivity contribution in [1.29, 1.82) is 0 Å². The first-order valence-electron chi connectivity index (χ1n) is 6.35. The molecule has 110 valence electrons. The maximum atomic E-state index is 13.2. The van der Waals surface area contributed by atoms with Crippen LogP contribution in [0.4, 0.5) is 10.1 Å². The third-order valence-corrected chi connectivity index (χ3v) is 3.50. The Morgan fingerprint density at radius 1 is 1.00 bits per heavy atom. The molecule has 3 aromatic carbocycles. The zero-order chi connectivity index (χ0) is 15.7. The van der Waals surface area contributed by atoms with Gasteiger partial charge in [0.05, 0.1) is 11.0 Å². The summed E-state index contributed by atoms with van der Waals surface area (Å²) in [4.78, 5) is 10.3. The van der Waals surface area contributed by atoms with Crippen molar-refractivity contribution in [2.75, 3.05) is 0 Å². The standard InChI is InChI=1S/C16H9ClFNO3/c17-13-6-8-15(12-4-2-1-3-11(12)13)22-16-7-5-10(18)9-14(16)19(20)21/h1-9H. The molecule has 0 radical (unpaired) electrons. The number of halogens is 2. The Bertz CT molecular complexity index is 882. The average Bonchev–Trinajstić information content (AvgIpc) is 2.51. The number of nitro groups is 1. The number of hydrogen-bond donors (Lipinski definition) is 0. The van der Waals surface area contributed by atoms with Crippen LogP contribution in [0.5, 0.6) is 11.5 Å². The Hall–Kier alpha value is -2.66. The topological polar surface area (TPSA) is 52.4 Å². The van der Waals surface area contributed by atoms with Crippen LogP contribution in [-0.2, 0) is 0 Å². The van der Waals surface area contributed by atoms with E-state index in [0.717, 1.165) is 17.5 Å². The number of nitro benzene ring substituents is 1. The third-order valence-electron chi connectivity index (χ3n) is 3.17. The molecule has 0 fully saturated rings. The van der Waals surface area contributed by atoms with Crippen LogP contribution in [0.3, 0.4) is 0 Å². The van der Waals surface area contributed by atoms with Crippen LogP contribution in [0.2, 0.25) is 5.02 Å². The first-order chi connectivity index (χ1) is 10.6. The maximum Gasteiger partial charge on any atom is 0.314 e.